The van der Waals surface area contributed by atoms with Crippen molar-refractivity contribution in [3.8, 4) is 31.3 Å². The summed E-state index contributed by atoms with van der Waals surface area (Å²) in [5, 5.41) is 9.45. The second kappa shape index (κ2) is 13.5. The second-order valence-electron chi connectivity index (χ2n) is 13.0. The van der Waals surface area contributed by atoms with Gasteiger partial charge in [-0.3, -0.25) is 4.99 Å². The van der Waals surface area contributed by atoms with Gasteiger partial charge in [0.05, 0.1) is 17.0 Å². The van der Waals surface area contributed by atoms with Crippen molar-refractivity contribution in [1.29, 1.82) is 0 Å². The van der Waals surface area contributed by atoms with Gasteiger partial charge in [0.2, 0.25) is 0 Å². The fourth-order valence-electron chi connectivity index (χ4n) is 6.51. The van der Waals surface area contributed by atoms with Crippen LogP contribution >= 0.6 is 22.7 Å². The molecule has 0 bridgehead atoms. The van der Waals surface area contributed by atoms with E-state index in [1.807, 2.05) is 12.1 Å². The van der Waals surface area contributed by atoms with Crippen molar-refractivity contribution in [2.45, 2.75) is 19.3 Å². The van der Waals surface area contributed by atoms with Crippen molar-refractivity contribution in [3.05, 3.63) is 174 Å². The third-order valence-corrected chi connectivity index (χ3v) is 11.7. The summed E-state index contributed by atoms with van der Waals surface area (Å²) in [6, 6.07) is 52.5. The van der Waals surface area contributed by atoms with E-state index in [1.54, 1.807) is 40.9 Å². The molecule has 3 heterocycles. The fraction of sp³-hybridized carbons (Fsp3) is 0.0667. The highest BCUT2D eigenvalue weighted by molar-refractivity contribution is 7.24. The molecule has 1 N–H and O–H groups in total. The summed E-state index contributed by atoms with van der Waals surface area (Å²) < 4.78 is 0. The number of carbonyl (C=O) groups is 1. The second-order valence-corrected chi connectivity index (χ2v) is 15.2. The van der Waals surface area contributed by atoms with Gasteiger partial charge in [0.25, 0.3) is 0 Å². The van der Waals surface area contributed by atoms with Crippen molar-refractivity contribution < 1.29 is 9.90 Å². The van der Waals surface area contributed by atoms with Gasteiger partial charge in [-0.1, -0.05) is 86.6 Å². The summed E-state index contributed by atoms with van der Waals surface area (Å²) in [5.74, 6) is -0.922. The van der Waals surface area contributed by atoms with Crippen molar-refractivity contribution in [2.75, 3.05) is 4.90 Å². The van der Waals surface area contributed by atoms with Crippen molar-refractivity contribution >= 4 is 63.2 Å². The number of rotatable bonds is 9. The molecule has 248 valence electrons. The minimum atomic E-state index is -0.922. The Hall–Kier alpha value is -5.82. The summed E-state index contributed by atoms with van der Waals surface area (Å²) in [7, 11) is 0. The van der Waals surface area contributed by atoms with E-state index < -0.39 is 5.97 Å². The number of hydrogen-bond donors (Lipinski definition) is 1. The highest BCUT2D eigenvalue weighted by atomic mass is 32.1. The van der Waals surface area contributed by atoms with E-state index in [0.717, 1.165) is 38.9 Å². The zero-order valence-corrected chi connectivity index (χ0v) is 29.8. The lowest BCUT2D eigenvalue weighted by Crippen LogP contribution is -2.24. The number of benzene rings is 5. The maximum Gasteiger partial charge on any atom is 0.335 e. The van der Waals surface area contributed by atoms with Gasteiger partial charge in [-0.15, -0.1) is 22.7 Å². The molecule has 51 heavy (non-hydrogen) atoms. The Morgan fingerprint density at radius 2 is 1.16 bits per heavy atom. The summed E-state index contributed by atoms with van der Waals surface area (Å²) in [6.07, 6.45) is 4.17. The van der Waals surface area contributed by atoms with Gasteiger partial charge in [-0.05, 0) is 113 Å². The molecule has 0 spiro atoms. The monoisotopic (exact) mass is 698 g/mol. The molecular formula is C45H34N2O2S2. The number of aromatic carboxylic acids is 1. The lowest BCUT2D eigenvalue weighted by molar-refractivity contribution is 0.0696. The zero-order chi connectivity index (χ0) is 35.0. The first-order valence-electron chi connectivity index (χ1n) is 16.8. The van der Waals surface area contributed by atoms with E-state index in [9.17, 15) is 9.90 Å². The first-order chi connectivity index (χ1) is 24.8. The Kier molecular flexibility index (Phi) is 8.56. The predicted octanol–water partition coefficient (Wildman–Crippen LogP) is 13.1. The van der Waals surface area contributed by atoms with Gasteiger partial charge < -0.3 is 10.0 Å². The van der Waals surface area contributed by atoms with Crippen molar-refractivity contribution in [1.82, 2.24) is 0 Å². The summed E-state index contributed by atoms with van der Waals surface area (Å²) >= 11 is 3.56. The van der Waals surface area contributed by atoms with E-state index >= 15 is 0 Å². The number of thiophene rings is 2. The van der Waals surface area contributed by atoms with Crippen LogP contribution in [0.15, 0.2) is 163 Å². The molecule has 1 aliphatic heterocycles. The van der Waals surface area contributed by atoms with E-state index in [2.05, 4.69) is 152 Å². The smallest absolute Gasteiger partial charge is 0.335 e. The summed E-state index contributed by atoms with van der Waals surface area (Å²) in [5.41, 5.74) is 9.55. The number of hydrogen-bond acceptors (Lipinski definition) is 5. The zero-order valence-electron chi connectivity index (χ0n) is 28.2. The highest BCUT2D eigenvalue weighted by Crippen LogP contribution is 2.42. The molecule has 4 nitrogen and oxygen atoms in total. The van der Waals surface area contributed by atoms with Gasteiger partial charge >= 0.3 is 5.97 Å². The van der Waals surface area contributed by atoms with Crippen LogP contribution in [0.4, 0.5) is 22.7 Å². The summed E-state index contributed by atoms with van der Waals surface area (Å²) in [4.78, 5) is 23.5. The molecular weight excluding hydrogens is 665 g/mol. The van der Waals surface area contributed by atoms with Crippen LogP contribution in [-0.4, -0.2) is 16.8 Å². The van der Waals surface area contributed by atoms with Crippen LogP contribution in [0.2, 0.25) is 0 Å². The maximum atomic E-state index is 11.5. The SMILES string of the molecule is CC1(C)C(C=Cc2ccc(-c3ccc(-c4ccc(-c5ccc(N(c6ccccc6)c6ccccc6)cc5)cc4)s3)s2)=Nc2ccc(C(=O)O)cc21. The molecule has 2 aromatic heterocycles. The van der Waals surface area contributed by atoms with Crippen LogP contribution in [0.5, 0.6) is 0 Å². The number of para-hydroxylation sites is 2. The Balaban J connectivity index is 0.959. The molecule has 0 aliphatic carbocycles. The Morgan fingerprint density at radius 1 is 0.608 bits per heavy atom. The Bertz CT molecular complexity index is 2360. The van der Waals surface area contributed by atoms with Crippen LogP contribution in [0.3, 0.4) is 0 Å². The molecule has 8 rings (SSSR count). The van der Waals surface area contributed by atoms with Gasteiger partial charge in [-0.25, -0.2) is 4.79 Å². The molecule has 0 amide bonds. The quantitative estimate of drug-likeness (QED) is 0.163. The number of nitrogens with zero attached hydrogens (tertiary/aromatic N) is 2. The molecule has 1 aliphatic rings. The van der Waals surface area contributed by atoms with E-state index in [1.165, 1.54) is 31.3 Å². The predicted molar refractivity (Wildman–Crippen MR) is 216 cm³/mol. The minimum Gasteiger partial charge on any atom is -0.478 e. The first kappa shape index (κ1) is 32.4. The van der Waals surface area contributed by atoms with Crippen LogP contribution in [-0.2, 0) is 5.41 Å². The molecule has 5 aromatic carbocycles. The average molecular weight is 699 g/mol. The first-order valence-corrected chi connectivity index (χ1v) is 18.4. The van der Waals surface area contributed by atoms with Crippen molar-refractivity contribution in [3.63, 3.8) is 0 Å². The molecule has 0 atom stereocenters. The van der Waals surface area contributed by atoms with Gasteiger partial charge in [0, 0.05) is 42.0 Å². The molecule has 0 fully saturated rings. The molecule has 7 aromatic rings. The number of anilines is 3. The third kappa shape index (κ3) is 6.47. The average Bonchev–Trinajstić information content (AvgIpc) is 3.90. The third-order valence-electron chi connectivity index (χ3n) is 9.34. The number of carboxylic acids is 1. The van der Waals surface area contributed by atoms with E-state index in [-0.39, 0.29) is 11.0 Å². The molecule has 6 heteroatoms. The Morgan fingerprint density at radius 3 is 1.80 bits per heavy atom. The minimum absolute atomic E-state index is 0.289. The Labute approximate surface area is 306 Å². The van der Waals surface area contributed by atoms with Gasteiger partial charge in [0.15, 0.2) is 0 Å². The number of fused-ring (bicyclic) bond motifs is 1. The summed E-state index contributed by atoms with van der Waals surface area (Å²) in [6.45, 7) is 4.19. The van der Waals surface area contributed by atoms with Crippen LogP contribution in [0.1, 0.15) is 34.6 Å². The van der Waals surface area contributed by atoms with E-state index in [0.29, 0.717) is 0 Å². The topological polar surface area (TPSA) is 52.9 Å². The van der Waals surface area contributed by atoms with E-state index in [4.69, 9.17) is 4.99 Å². The largest absolute Gasteiger partial charge is 0.478 e. The van der Waals surface area contributed by atoms with Crippen molar-refractivity contribution in [2.24, 2.45) is 4.99 Å². The van der Waals surface area contributed by atoms with Gasteiger partial charge in [-0.2, -0.15) is 0 Å². The standard InChI is InChI=1S/C45H34N2O2S2/c1-45(2)38-29-33(44(48)49)19-24-39(38)46-43(45)28-23-37-22-25-41(50-37)42-27-26-40(51-42)32-15-13-30(14-16-32)31-17-20-36(21-18-31)47(34-9-5-3-6-10-34)35-11-7-4-8-12-35/h3-29H,1-2H3,(H,48,49). The fourth-order valence-corrected chi connectivity index (χ4v) is 8.53. The number of aliphatic imine (C=N–C) groups is 1. The number of carboxylic acid groups (broad SMARTS) is 1. The molecule has 0 unspecified atom stereocenters. The molecule has 0 radical (unpaired) electrons. The lowest BCUT2D eigenvalue weighted by Gasteiger charge is -2.25. The van der Waals surface area contributed by atoms with Gasteiger partial charge in [0.1, 0.15) is 0 Å². The van der Waals surface area contributed by atoms with Crippen LogP contribution in [0, 0.1) is 0 Å². The highest BCUT2D eigenvalue weighted by Gasteiger charge is 2.34. The number of allylic oxidation sites excluding steroid dienone is 1. The molecule has 0 saturated carbocycles. The maximum absolute atomic E-state index is 11.5. The lowest BCUT2D eigenvalue weighted by atomic mass is 9.81. The van der Waals surface area contributed by atoms with Crippen LogP contribution in [0.25, 0.3) is 37.4 Å². The van der Waals surface area contributed by atoms with Crippen LogP contribution < -0.4 is 4.90 Å². The normalized spacial score (nSPS) is 13.3. The molecule has 0 saturated heterocycles.